The number of aromatic nitrogens is 2. The SMILES string of the molecule is [Ir].[c-]1ccc2c(c1-c1ccc3ccccc3n1)Oc1cccc3c1B2c1ccccc1O3.[c-]1ccccc1-c1ccccn1. The maximum absolute atomic E-state index is 6.49. The predicted molar refractivity (Wildman–Crippen MR) is 172 cm³/mol. The molecule has 44 heavy (non-hydrogen) atoms. The Morgan fingerprint density at radius 1 is 0.568 bits per heavy atom. The van der Waals surface area contributed by atoms with E-state index in [1.807, 2.05) is 103 Å². The van der Waals surface area contributed by atoms with Crippen LogP contribution in [-0.2, 0) is 20.1 Å². The van der Waals surface area contributed by atoms with Crippen molar-refractivity contribution in [3.63, 3.8) is 0 Å². The molecule has 0 atom stereocenters. The third kappa shape index (κ3) is 4.98. The third-order valence-corrected chi connectivity index (χ3v) is 7.77. The fraction of sp³-hybridized carbons (Fsp3) is 0. The Morgan fingerprint density at radius 2 is 1.36 bits per heavy atom. The van der Waals surface area contributed by atoms with E-state index in [-0.39, 0.29) is 26.8 Å². The van der Waals surface area contributed by atoms with E-state index in [2.05, 4.69) is 47.4 Å². The summed E-state index contributed by atoms with van der Waals surface area (Å²) in [6.45, 7) is 0.0497. The van der Waals surface area contributed by atoms with Crippen LogP contribution in [0.3, 0.4) is 0 Å². The maximum atomic E-state index is 6.49. The Hall–Kier alpha value is -5.03. The van der Waals surface area contributed by atoms with Gasteiger partial charge in [0, 0.05) is 37.5 Å². The van der Waals surface area contributed by atoms with Crippen LogP contribution in [0.15, 0.2) is 140 Å². The van der Waals surface area contributed by atoms with Crippen LogP contribution < -0.4 is 25.9 Å². The van der Waals surface area contributed by atoms with E-state index in [0.29, 0.717) is 0 Å². The van der Waals surface area contributed by atoms with Gasteiger partial charge in [-0.05, 0) is 52.6 Å². The number of pyridine rings is 2. The van der Waals surface area contributed by atoms with Crippen LogP contribution in [0, 0.1) is 12.1 Å². The molecule has 4 nitrogen and oxygen atoms in total. The molecule has 0 spiro atoms. The Labute approximate surface area is 269 Å². The first-order chi connectivity index (χ1) is 21.3. The number of para-hydroxylation sites is 2. The van der Waals surface area contributed by atoms with Crippen LogP contribution in [0.25, 0.3) is 33.4 Å². The van der Waals surface area contributed by atoms with Crippen molar-refractivity contribution in [1.82, 2.24) is 9.97 Å². The minimum Gasteiger partial charge on any atom is -0.503 e. The Kier molecular flexibility index (Phi) is 7.53. The first kappa shape index (κ1) is 27.8. The summed E-state index contributed by atoms with van der Waals surface area (Å²) in [5.74, 6) is 3.39. The van der Waals surface area contributed by atoms with Crippen molar-refractivity contribution in [1.29, 1.82) is 0 Å². The molecule has 2 aromatic heterocycles. The van der Waals surface area contributed by atoms with Crippen molar-refractivity contribution >= 4 is 34.0 Å². The Bertz CT molecular complexity index is 2070. The number of benzene rings is 5. The van der Waals surface area contributed by atoms with Crippen LogP contribution >= 0.6 is 0 Å². The molecule has 211 valence electrons. The van der Waals surface area contributed by atoms with Gasteiger partial charge in [0.25, 0.3) is 0 Å². The fourth-order valence-corrected chi connectivity index (χ4v) is 5.81. The summed E-state index contributed by atoms with van der Waals surface area (Å²) >= 11 is 0. The van der Waals surface area contributed by atoms with Crippen molar-refractivity contribution < 1.29 is 29.6 Å². The summed E-state index contributed by atoms with van der Waals surface area (Å²) in [6.07, 6.45) is 1.79. The van der Waals surface area contributed by atoms with Gasteiger partial charge in [-0.1, -0.05) is 72.3 Å². The first-order valence-electron chi connectivity index (χ1n) is 14.2. The minimum absolute atomic E-state index is 0. The number of rotatable bonds is 2. The summed E-state index contributed by atoms with van der Waals surface area (Å²) in [7, 11) is 0. The number of nitrogens with zero attached hydrogens (tertiary/aromatic N) is 2. The number of hydrogen-bond acceptors (Lipinski definition) is 4. The van der Waals surface area contributed by atoms with E-state index >= 15 is 0 Å². The molecule has 0 fully saturated rings. The van der Waals surface area contributed by atoms with E-state index in [0.717, 1.165) is 72.8 Å². The third-order valence-electron chi connectivity index (χ3n) is 7.77. The van der Waals surface area contributed by atoms with E-state index in [1.54, 1.807) is 6.20 Å². The molecule has 0 saturated carbocycles. The van der Waals surface area contributed by atoms with Crippen molar-refractivity contribution in [3.05, 3.63) is 152 Å². The molecule has 0 saturated heterocycles. The van der Waals surface area contributed by atoms with Gasteiger partial charge in [0.1, 0.15) is 17.2 Å². The second-order valence-corrected chi connectivity index (χ2v) is 10.4. The predicted octanol–water partition coefficient (Wildman–Crippen LogP) is 6.98. The molecule has 0 bridgehead atoms. The summed E-state index contributed by atoms with van der Waals surface area (Å²) in [5, 5.41) is 1.12. The maximum Gasteiger partial charge on any atom is 0.241 e. The molecular formula is C38H23BIrN2O2-2. The molecule has 4 heterocycles. The van der Waals surface area contributed by atoms with E-state index in [1.165, 1.54) is 0 Å². The van der Waals surface area contributed by atoms with Gasteiger partial charge >= 0.3 is 0 Å². The zero-order chi connectivity index (χ0) is 28.6. The molecular weight excluding hydrogens is 719 g/mol. The van der Waals surface area contributed by atoms with E-state index in [4.69, 9.17) is 14.5 Å². The monoisotopic (exact) mass is 743 g/mol. The zero-order valence-electron chi connectivity index (χ0n) is 23.4. The molecule has 0 amide bonds. The normalized spacial score (nSPS) is 11.8. The van der Waals surface area contributed by atoms with Gasteiger partial charge in [-0.25, -0.2) is 0 Å². The smallest absolute Gasteiger partial charge is 0.241 e. The van der Waals surface area contributed by atoms with Crippen LogP contribution in [0.2, 0.25) is 0 Å². The van der Waals surface area contributed by atoms with Gasteiger partial charge in [0.15, 0.2) is 0 Å². The second kappa shape index (κ2) is 11.9. The zero-order valence-corrected chi connectivity index (χ0v) is 25.8. The largest absolute Gasteiger partial charge is 0.503 e. The molecule has 0 aliphatic carbocycles. The number of hydrogen-bond donors (Lipinski definition) is 0. The average molecular weight is 743 g/mol. The number of ether oxygens (including phenoxy) is 2. The van der Waals surface area contributed by atoms with Crippen molar-refractivity contribution in [3.8, 4) is 45.5 Å². The molecule has 0 N–H and O–H groups in total. The van der Waals surface area contributed by atoms with Gasteiger partial charge in [0.05, 0.1) is 5.52 Å². The summed E-state index contributed by atoms with van der Waals surface area (Å²) < 4.78 is 12.7. The molecule has 0 unspecified atom stereocenters. The van der Waals surface area contributed by atoms with Crippen LogP contribution in [0.1, 0.15) is 0 Å². The minimum atomic E-state index is 0. The first-order valence-corrected chi connectivity index (χ1v) is 14.2. The fourth-order valence-electron chi connectivity index (χ4n) is 5.81. The summed E-state index contributed by atoms with van der Waals surface area (Å²) in [6, 6.07) is 50.8. The van der Waals surface area contributed by atoms with Gasteiger partial charge in [0.2, 0.25) is 6.71 Å². The molecule has 6 heteroatoms. The Balaban J connectivity index is 0.000000203. The van der Waals surface area contributed by atoms with Crippen LogP contribution in [0.4, 0.5) is 0 Å². The quantitative estimate of drug-likeness (QED) is 0.142. The van der Waals surface area contributed by atoms with Gasteiger partial charge < -0.3 is 14.5 Å². The molecule has 9 rings (SSSR count). The summed E-state index contributed by atoms with van der Waals surface area (Å²) in [4.78, 5) is 9.12. The molecule has 2 aliphatic rings. The van der Waals surface area contributed by atoms with Gasteiger partial charge in [-0.15, -0.1) is 59.6 Å². The van der Waals surface area contributed by atoms with Crippen molar-refractivity contribution in [2.75, 3.05) is 0 Å². The van der Waals surface area contributed by atoms with Crippen LogP contribution in [-0.4, -0.2) is 16.7 Å². The van der Waals surface area contributed by atoms with Crippen molar-refractivity contribution in [2.45, 2.75) is 0 Å². The second-order valence-electron chi connectivity index (χ2n) is 10.4. The molecule has 5 aromatic carbocycles. The number of fused-ring (bicyclic) bond motifs is 5. The van der Waals surface area contributed by atoms with Gasteiger partial charge in [-0.2, -0.15) is 0 Å². The topological polar surface area (TPSA) is 44.2 Å². The van der Waals surface area contributed by atoms with E-state index < -0.39 is 0 Å². The van der Waals surface area contributed by atoms with Gasteiger partial charge in [-0.3, -0.25) is 4.98 Å². The molecule has 2 aliphatic heterocycles. The Morgan fingerprint density at radius 3 is 2.23 bits per heavy atom. The average Bonchev–Trinajstić information content (AvgIpc) is 3.09. The van der Waals surface area contributed by atoms with E-state index in [9.17, 15) is 0 Å². The summed E-state index contributed by atoms with van der Waals surface area (Å²) in [5.41, 5.74) is 8.04. The molecule has 1 radical (unpaired) electrons. The standard InChI is InChI=1S/C27H15BNO2.C11H8N.Ir/c1-3-11-21-17(7-1)15-16-22(29-21)18-8-5-10-20-27(18)31-25-14-6-13-24-26(25)28(20)19-9-2-4-12-23(19)30-24;1-2-6-10(7-3-1)11-8-4-5-9-12-11;/h1-7,9-16H;1-6,8-9H;/q2*-1;. The molecule has 7 aromatic rings. The van der Waals surface area contributed by atoms with Crippen LogP contribution in [0.5, 0.6) is 23.0 Å². The van der Waals surface area contributed by atoms with Crippen molar-refractivity contribution in [2.24, 2.45) is 0 Å².